The maximum atomic E-state index is 12.0. The Morgan fingerprint density at radius 2 is 1.84 bits per heavy atom. The van der Waals surface area contributed by atoms with E-state index in [1.807, 2.05) is 42.5 Å². The van der Waals surface area contributed by atoms with Gasteiger partial charge in [-0.2, -0.15) is 4.72 Å². The van der Waals surface area contributed by atoms with Crippen LogP contribution in [0.4, 0.5) is 0 Å². The van der Waals surface area contributed by atoms with Gasteiger partial charge < -0.3 is 4.74 Å². The van der Waals surface area contributed by atoms with Crippen LogP contribution in [0.15, 0.2) is 62.6 Å². The predicted octanol–water partition coefficient (Wildman–Crippen LogP) is 4.02. The van der Waals surface area contributed by atoms with Crippen molar-refractivity contribution in [2.24, 2.45) is 0 Å². The van der Waals surface area contributed by atoms with Crippen molar-refractivity contribution in [2.45, 2.75) is 4.21 Å². The molecule has 0 amide bonds. The summed E-state index contributed by atoms with van der Waals surface area (Å²) in [5.41, 5.74) is 0. The molecule has 0 bridgehead atoms. The summed E-state index contributed by atoms with van der Waals surface area (Å²) >= 11 is 4.40. The van der Waals surface area contributed by atoms with Gasteiger partial charge in [0.25, 0.3) is 10.0 Å². The zero-order valence-corrected chi connectivity index (χ0v) is 16.2. The fraction of sp³-hybridized carbons (Fsp3) is 0.111. The Bertz CT molecular complexity index is 1040. The lowest BCUT2D eigenvalue weighted by Crippen LogP contribution is -2.23. The summed E-state index contributed by atoms with van der Waals surface area (Å²) in [6.45, 7) is 0.233. The number of hydrogen-bond donors (Lipinski definition) is 1. The predicted molar refractivity (Wildman–Crippen MR) is 104 cm³/mol. The first-order chi connectivity index (χ1) is 12.1. The first-order valence-corrected chi connectivity index (χ1v) is 10.5. The van der Waals surface area contributed by atoms with Gasteiger partial charge in [0.15, 0.2) is 0 Å². The van der Waals surface area contributed by atoms with Crippen molar-refractivity contribution in [3.8, 4) is 17.6 Å². The molecule has 1 aromatic heterocycles. The lowest BCUT2D eigenvalue weighted by molar-refractivity contribution is 0.374. The molecule has 0 aliphatic heterocycles. The molecular weight excluding hydrogens is 422 g/mol. The standard InChI is InChI=1S/C18H14BrNO3S2/c19-17-10-11-18(24-17)25(21,22)20-12-3-4-13-23-16-9-5-7-14-6-1-2-8-15(14)16/h1-2,5-11,20H,12-13H2. The Morgan fingerprint density at radius 3 is 2.64 bits per heavy atom. The molecule has 0 saturated carbocycles. The van der Waals surface area contributed by atoms with E-state index in [9.17, 15) is 8.42 Å². The fourth-order valence-electron chi connectivity index (χ4n) is 2.19. The van der Waals surface area contributed by atoms with E-state index >= 15 is 0 Å². The molecule has 2 aromatic carbocycles. The number of halogens is 1. The third-order valence-electron chi connectivity index (χ3n) is 3.34. The van der Waals surface area contributed by atoms with Gasteiger partial charge >= 0.3 is 0 Å². The quantitative estimate of drug-likeness (QED) is 0.615. The highest BCUT2D eigenvalue weighted by molar-refractivity contribution is 9.11. The van der Waals surface area contributed by atoms with Gasteiger partial charge in [0.2, 0.25) is 0 Å². The van der Waals surface area contributed by atoms with Gasteiger partial charge in [0.05, 0.1) is 10.3 Å². The second kappa shape index (κ2) is 8.02. The van der Waals surface area contributed by atoms with Crippen LogP contribution in [0.25, 0.3) is 10.8 Å². The smallest absolute Gasteiger partial charge is 0.250 e. The Morgan fingerprint density at radius 1 is 1.04 bits per heavy atom. The minimum Gasteiger partial charge on any atom is -0.480 e. The van der Waals surface area contributed by atoms with E-state index in [4.69, 9.17) is 4.74 Å². The molecule has 0 radical (unpaired) electrons. The third kappa shape index (κ3) is 4.61. The molecule has 0 unspecified atom stereocenters. The van der Waals surface area contributed by atoms with Gasteiger partial charge in [-0.1, -0.05) is 48.2 Å². The van der Waals surface area contributed by atoms with Crippen LogP contribution >= 0.6 is 27.3 Å². The topological polar surface area (TPSA) is 55.4 Å². The molecule has 0 fully saturated rings. The first kappa shape index (κ1) is 18.0. The highest BCUT2D eigenvalue weighted by atomic mass is 79.9. The van der Waals surface area contributed by atoms with E-state index in [-0.39, 0.29) is 17.4 Å². The molecule has 1 N–H and O–H groups in total. The molecule has 0 atom stereocenters. The minimum atomic E-state index is -3.51. The first-order valence-electron chi connectivity index (χ1n) is 7.37. The van der Waals surface area contributed by atoms with Crippen LogP contribution < -0.4 is 9.46 Å². The van der Waals surface area contributed by atoms with Crippen LogP contribution in [-0.4, -0.2) is 21.6 Å². The average Bonchev–Trinajstić information content (AvgIpc) is 3.05. The summed E-state index contributed by atoms with van der Waals surface area (Å²) in [5, 5.41) is 2.12. The lowest BCUT2D eigenvalue weighted by atomic mass is 10.1. The number of benzene rings is 2. The summed E-state index contributed by atoms with van der Waals surface area (Å²) in [5.74, 6) is 6.35. The highest BCUT2D eigenvalue weighted by Gasteiger charge is 2.14. The molecule has 3 rings (SSSR count). The minimum absolute atomic E-state index is 0.0384. The monoisotopic (exact) mass is 435 g/mol. The van der Waals surface area contributed by atoms with Gasteiger partial charge in [-0.15, -0.1) is 11.3 Å². The van der Waals surface area contributed by atoms with Crippen molar-refractivity contribution in [3.63, 3.8) is 0 Å². The average molecular weight is 436 g/mol. The van der Waals surface area contributed by atoms with Gasteiger partial charge in [-0.25, -0.2) is 8.42 Å². The number of fused-ring (bicyclic) bond motifs is 1. The summed E-state index contributed by atoms with van der Waals surface area (Å²) in [4.78, 5) is 0. The van der Waals surface area contributed by atoms with Crippen molar-refractivity contribution in [3.05, 3.63) is 58.4 Å². The van der Waals surface area contributed by atoms with E-state index in [1.54, 1.807) is 12.1 Å². The lowest BCUT2D eigenvalue weighted by Gasteiger charge is -2.06. The number of hydrogen-bond acceptors (Lipinski definition) is 4. The highest BCUT2D eigenvalue weighted by Crippen LogP contribution is 2.26. The molecule has 4 nitrogen and oxygen atoms in total. The Kier molecular flexibility index (Phi) is 5.76. The number of rotatable bonds is 5. The van der Waals surface area contributed by atoms with Crippen LogP contribution in [0.1, 0.15) is 0 Å². The Labute approximate surface area is 159 Å². The second-order valence-corrected chi connectivity index (χ2v) is 9.46. The Hall–Kier alpha value is -1.85. The molecule has 0 spiro atoms. The van der Waals surface area contributed by atoms with Crippen LogP contribution in [0.3, 0.4) is 0 Å². The molecule has 0 saturated heterocycles. The fourth-order valence-corrected chi connectivity index (χ4v) is 5.17. The zero-order valence-electron chi connectivity index (χ0n) is 13.0. The normalized spacial score (nSPS) is 11.1. The van der Waals surface area contributed by atoms with Crippen LogP contribution in [-0.2, 0) is 10.0 Å². The molecule has 25 heavy (non-hydrogen) atoms. The van der Waals surface area contributed by atoms with E-state index < -0.39 is 10.0 Å². The maximum Gasteiger partial charge on any atom is 0.250 e. The summed E-state index contributed by atoms with van der Waals surface area (Å²) < 4.78 is 33.2. The summed E-state index contributed by atoms with van der Waals surface area (Å²) in [6, 6.07) is 17.0. The van der Waals surface area contributed by atoms with Crippen molar-refractivity contribution in [1.82, 2.24) is 4.72 Å². The summed E-state index contributed by atoms with van der Waals surface area (Å²) in [6.07, 6.45) is 0. The number of thiophene rings is 1. The van der Waals surface area contributed by atoms with Crippen LogP contribution in [0.5, 0.6) is 5.75 Å². The number of sulfonamides is 1. The molecule has 7 heteroatoms. The van der Waals surface area contributed by atoms with Gasteiger partial charge in [0, 0.05) is 5.39 Å². The molecule has 128 valence electrons. The van der Waals surface area contributed by atoms with Gasteiger partial charge in [0.1, 0.15) is 16.6 Å². The van der Waals surface area contributed by atoms with Crippen LogP contribution in [0, 0.1) is 11.8 Å². The molecular formula is C18H14BrNO3S2. The zero-order chi connectivity index (χ0) is 17.7. The molecule has 0 aliphatic carbocycles. The second-order valence-electron chi connectivity index (χ2n) is 5.00. The molecule has 0 aliphatic rings. The van der Waals surface area contributed by atoms with Gasteiger partial charge in [-0.3, -0.25) is 0 Å². The molecule has 1 heterocycles. The van der Waals surface area contributed by atoms with E-state index in [1.165, 1.54) is 0 Å². The van der Waals surface area contributed by atoms with E-state index in [2.05, 4.69) is 32.5 Å². The van der Waals surface area contributed by atoms with Crippen molar-refractivity contribution >= 4 is 48.1 Å². The number of ether oxygens (including phenoxy) is 1. The SMILES string of the molecule is O=S(=O)(NCC#CCOc1cccc2ccccc12)c1ccc(Br)s1. The summed E-state index contributed by atoms with van der Waals surface area (Å²) in [7, 11) is -3.51. The Balaban J connectivity index is 1.55. The van der Waals surface area contributed by atoms with Crippen molar-refractivity contribution < 1.29 is 13.2 Å². The van der Waals surface area contributed by atoms with E-state index in [0.29, 0.717) is 0 Å². The van der Waals surface area contributed by atoms with Crippen LogP contribution in [0.2, 0.25) is 0 Å². The molecule has 3 aromatic rings. The van der Waals surface area contributed by atoms with Crippen molar-refractivity contribution in [1.29, 1.82) is 0 Å². The maximum absolute atomic E-state index is 12.0. The third-order valence-corrected chi connectivity index (χ3v) is 6.86. The number of nitrogens with one attached hydrogen (secondary N) is 1. The van der Waals surface area contributed by atoms with Gasteiger partial charge in [-0.05, 0) is 39.5 Å². The van der Waals surface area contributed by atoms with Crippen molar-refractivity contribution in [2.75, 3.05) is 13.2 Å². The largest absolute Gasteiger partial charge is 0.480 e. The van der Waals surface area contributed by atoms with E-state index in [0.717, 1.165) is 31.6 Å².